The summed E-state index contributed by atoms with van der Waals surface area (Å²) in [4.78, 5) is 26.0. The molecule has 4 aromatic carbocycles. The van der Waals surface area contributed by atoms with Gasteiger partial charge in [0.2, 0.25) is 0 Å². The third-order valence-corrected chi connectivity index (χ3v) is 6.06. The van der Waals surface area contributed by atoms with Crippen molar-refractivity contribution >= 4 is 23.2 Å². The molecule has 5 rings (SSSR count). The predicted octanol–water partition coefficient (Wildman–Crippen LogP) is 6.36. The number of amides is 2. The van der Waals surface area contributed by atoms with Crippen molar-refractivity contribution in [1.82, 2.24) is 9.78 Å². The Labute approximate surface area is 220 Å². The number of anilines is 2. The number of nitrogens with one attached hydrogen (secondary N) is 2. The van der Waals surface area contributed by atoms with Crippen molar-refractivity contribution in [2.24, 2.45) is 0 Å². The smallest absolute Gasteiger partial charge is 0.259 e. The monoisotopic (exact) mass is 502 g/mol. The van der Waals surface area contributed by atoms with Gasteiger partial charge in [0, 0.05) is 28.7 Å². The summed E-state index contributed by atoms with van der Waals surface area (Å²) in [5.74, 6) is 0.167. The third kappa shape index (κ3) is 5.47. The molecule has 0 saturated heterocycles. The maximum atomic E-state index is 13.4. The predicted molar refractivity (Wildman–Crippen MR) is 149 cm³/mol. The molecule has 2 N–H and O–H groups in total. The Morgan fingerprint density at radius 3 is 1.97 bits per heavy atom. The van der Waals surface area contributed by atoms with Crippen LogP contribution in [0.2, 0.25) is 0 Å². The summed E-state index contributed by atoms with van der Waals surface area (Å²) in [6.45, 7) is 2.01. The Morgan fingerprint density at radius 2 is 1.34 bits per heavy atom. The van der Waals surface area contributed by atoms with Crippen LogP contribution in [0.3, 0.4) is 0 Å². The lowest BCUT2D eigenvalue weighted by atomic mass is 10.1. The highest BCUT2D eigenvalue weighted by Gasteiger charge is 2.19. The van der Waals surface area contributed by atoms with Gasteiger partial charge in [0.1, 0.15) is 11.4 Å². The van der Waals surface area contributed by atoms with Crippen LogP contribution in [0.1, 0.15) is 26.3 Å². The highest BCUT2D eigenvalue weighted by Crippen LogP contribution is 2.25. The Bertz CT molecular complexity index is 1560. The molecular formula is C31H26N4O3. The van der Waals surface area contributed by atoms with Crippen molar-refractivity contribution in [2.45, 2.75) is 6.92 Å². The normalized spacial score (nSPS) is 10.6. The number of carbonyl (C=O) groups is 2. The van der Waals surface area contributed by atoms with Gasteiger partial charge in [0.25, 0.3) is 11.8 Å². The first kappa shape index (κ1) is 24.5. The molecule has 1 heterocycles. The molecule has 0 bridgehead atoms. The van der Waals surface area contributed by atoms with Crippen LogP contribution in [0.4, 0.5) is 11.4 Å². The molecule has 1 aromatic heterocycles. The van der Waals surface area contributed by atoms with Gasteiger partial charge in [-0.25, -0.2) is 4.68 Å². The number of aryl methyl sites for hydroxylation is 1. The third-order valence-electron chi connectivity index (χ3n) is 6.06. The van der Waals surface area contributed by atoms with Crippen LogP contribution in [0, 0.1) is 6.92 Å². The fourth-order valence-corrected chi connectivity index (χ4v) is 3.96. The van der Waals surface area contributed by atoms with E-state index in [1.807, 2.05) is 61.5 Å². The van der Waals surface area contributed by atoms with Crippen molar-refractivity contribution in [3.8, 4) is 22.7 Å². The number of carbonyl (C=O) groups excluding carboxylic acids is 2. The lowest BCUT2D eigenvalue weighted by Crippen LogP contribution is -2.14. The Morgan fingerprint density at radius 1 is 0.737 bits per heavy atom. The van der Waals surface area contributed by atoms with E-state index < -0.39 is 0 Å². The van der Waals surface area contributed by atoms with Crippen molar-refractivity contribution in [3.05, 3.63) is 126 Å². The van der Waals surface area contributed by atoms with Gasteiger partial charge in [-0.2, -0.15) is 5.10 Å². The first-order chi connectivity index (χ1) is 18.5. The molecule has 0 unspecified atom stereocenters. The number of nitrogens with zero attached hydrogens (tertiary/aromatic N) is 2. The standard InChI is InChI=1S/C31H26N4O3/c1-21-8-10-22(11-9-21)29-28(20-35(34-29)26-6-4-3-5-7-26)31(37)33-24-14-12-23(13-15-24)30(36)32-25-16-18-27(38-2)19-17-25/h3-20H,1-2H3,(H,32,36)(H,33,37). The lowest BCUT2D eigenvalue weighted by Gasteiger charge is -2.08. The van der Waals surface area contributed by atoms with Crippen LogP contribution >= 0.6 is 0 Å². The Balaban J connectivity index is 1.35. The van der Waals surface area contributed by atoms with E-state index in [1.165, 1.54) is 0 Å². The molecule has 7 nitrogen and oxygen atoms in total. The zero-order chi connectivity index (χ0) is 26.5. The minimum atomic E-state index is -0.293. The highest BCUT2D eigenvalue weighted by atomic mass is 16.5. The molecule has 38 heavy (non-hydrogen) atoms. The van der Waals surface area contributed by atoms with Crippen LogP contribution in [0.25, 0.3) is 16.9 Å². The summed E-state index contributed by atoms with van der Waals surface area (Å²) in [7, 11) is 1.59. The van der Waals surface area contributed by atoms with Gasteiger partial charge in [0.05, 0.1) is 18.4 Å². The van der Waals surface area contributed by atoms with Crippen LogP contribution in [0.5, 0.6) is 5.75 Å². The van der Waals surface area contributed by atoms with Crippen LogP contribution < -0.4 is 15.4 Å². The van der Waals surface area contributed by atoms with Gasteiger partial charge < -0.3 is 15.4 Å². The summed E-state index contributed by atoms with van der Waals surface area (Å²) in [5, 5.41) is 10.5. The molecule has 0 atom stereocenters. The average molecular weight is 503 g/mol. The van der Waals surface area contributed by atoms with Gasteiger partial charge in [-0.3, -0.25) is 9.59 Å². The summed E-state index contributed by atoms with van der Waals surface area (Å²) >= 11 is 0. The average Bonchev–Trinajstić information content (AvgIpc) is 3.40. The molecule has 2 amide bonds. The molecule has 7 heteroatoms. The molecule has 0 spiro atoms. The fourth-order valence-electron chi connectivity index (χ4n) is 3.96. The second-order valence-corrected chi connectivity index (χ2v) is 8.75. The largest absolute Gasteiger partial charge is 0.497 e. The van der Waals surface area contributed by atoms with E-state index in [0.717, 1.165) is 16.8 Å². The minimum Gasteiger partial charge on any atom is -0.497 e. The molecule has 0 radical (unpaired) electrons. The van der Waals surface area contributed by atoms with Crippen LogP contribution in [-0.2, 0) is 0 Å². The first-order valence-corrected chi connectivity index (χ1v) is 12.1. The van der Waals surface area contributed by atoms with Crippen molar-refractivity contribution < 1.29 is 14.3 Å². The molecular weight excluding hydrogens is 476 g/mol. The molecule has 188 valence electrons. The Kier molecular flexibility index (Phi) is 6.99. The minimum absolute atomic E-state index is 0.251. The number of rotatable bonds is 7. The lowest BCUT2D eigenvalue weighted by molar-refractivity contribution is 0.102. The van der Waals surface area contributed by atoms with Crippen molar-refractivity contribution in [1.29, 1.82) is 0 Å². The van der Waals surface area contributed by atoms with E-state index in [1.54, 1.807) is 66.5 Å². The molecule has 0 aliphatic carbocycles. The first-order valence-electron chi connectivity index (χ1n) is 12.1. The van der Waals surface area contributed by atoms with Crippen molar-refractivity contribution in [3.63, 3.8) is 0 Å². The number of hydrogen-bond donors (Lipinski definition) is 2. The van der Waals surface area contributed by atoms with Crippen molar-refractivity contribution in [2.75, 3.05) is 17.7 Å². The molecule has 0 aliphatic rings. The molecule has 5 aromatic rings. The van der Waals surface area contributed by atoms with Gasteiger partial charge >= 0.3 is 0 Å². The van der Waals surface area contributed by atoms with Crippen LogP contribution in [0.15, 0.2) is 109 Å². The number of methoxy groups -OCH3 is 1. The van der Waals surface area contributed by atoms with E-state index in [9.17, 15) is 9.59 Å². The number of para-hydroxylation sites is 1. The van der Waals surface area contributed by atoms with Gasteiger partial charge in [0.15, 0.2) is 0 Å². The topological polar surface area (TPSA) is 85.3 Å². The maximum Gasteiger partial charge on any atom is 0.259 e. The SMILES string of the molecule is COc1ccc(NC(=O)c2ccc(NC(=O)c3cn(-c4ccccc4)nc3-c3ccc(C)cc3)cc2)cc1. The zero-order valence-corrected chi connectivity index (χ0v) is 21.0. The Hall–Kier alpha value is -5.17. The summed E-state index contributed by atoms with van der Waals surface area (Å²) < 4.78 is 6.85. The molecule has 0 fully saturated rings. The maximum absolute atomic E-state index is 13.4. The number of aromatic nitrogens is 2. The molecule has 0 saturated carbocycles. The summed E-state index contributed by atoms with van der Waals surface area (Å²) in [6, 6.07) is 31.4. The summed E-state index contributed by atoms with van der Waals surface area (Å²) in [5.41, 5.74) is 5.55. The highest BCUT2D eigenvalue weighted by molar-refractivity contribution is 6.09. The van der Waals surface area contributed by atoms with Gasteiger partial charge in [-0.1, -0.05) is 48.0 Å². The zero-order valence-electron chi connectivity index (χ0n) is 21.0. The summed E-state index contributed by atoms with van der Waals surface area (Å²) in [6.07, 6.45) is 1.73. The van der Waals surface area contributed by atoms with E-state index in [0.29, 0.717) is 33.9 Å². The number of hydrogen-bond acceptors (Lipinski definition) is 4. The number of ether oxygens (including phenoxy) is 1. The van der Waals surface area contributed by atoms with Gasteiger partial charge in [-0.15, -0.1) is 0 Å². The van der Waals surface area contributed by atoms with E-state index >= 15 is 0 Å². The van der Waals surface area contributed by atoms with E-state index in [4.69, 9.17) is 9.84 Å². The number of benzene rings is 4. The quantitative estimate of drug-likeness (QED) is 0.271. The molecule has 0 aliphatic heterocycles. The van der Waals surface area contributed by atoms with Gasteiger partial charge in [-0.05, 0) is 67.6 Å². The second-order valence-electron chi connectivity index (χ2n) is 8.75. The van der Waals surface area contributed by atoms with E-state index in [2.05, 4.69) is 10.6 Å². The fraction of sp³-hybridized carbons (Fsp3) is 0.0645. The van der Waals surface area contributed by atoms with E-state index in [-0.39, 0.29) is 11.8 Å². The second kappa shape index (κ2) is 10.8. The van der Waals surface area contributed by atoms with Crippen LogP contribution in [-0.4, -0.2) is 28.7 Å².